The Morgan fingerprint density at radius 3 is 2.70 bits per heavy atom. The van der Waals surface area contributed by atoms with Gasteiger partial charge in [-0.05, 0) is 43.4 Å². The molecule has 1 aliphatic heterocycles. The highest BCUT2D eigenvalue weighted by Crippen LogP contribution is 2.60. The Morgan fingerprint density at radius 1 is 1.30 bits per heavy atom. The molecule has 33 heavy (non-hydrogen) atoms. The fourth-order valence-corrected chi connectivity index (χ4v) is 4.83. The molecule has 11 heteroatoms. The summed E-state index contributed by atoms with van der Waals surface area (Å²) in [7, 11) is -3.53. The first-order chi connectivity index (χ1) is 15.6. The predicted molar refractivity (Wildman–Crippen MR) is 125 cm³/mol. The zero-order chi connectivity index (χ0) is 23.5. The minimum Gasteiger partial charge on any atom is -0.476 e. The molecule has 0 atom stereocenters. The Balaban J connectivity index is 1.57. The Labute approximate surface area is 196 Å². The van der Waals surface area contributed by atoms with Gasteiger partial charge in [-0.3, -0.25) is 14.4 Å². The molecule has 5 rings (SSSR count). The van der Waals surface area contributed by atoms with E-state index in [2.05, 4.69) is 14.9 Å². The summed E-state index contributed by atoms with van der Waals surface area (Å²) in [6.07, 6.45) is 2.98. The highest BCUT2D eigenvalue weighted by Gasteiger charge is 2.60. The van der Waals surface area contributed by atoms with Gasteiger partial charge >= 0.3 is 0 Å². The molecule has 1 spiro atoms. The van der Waals surface area contributed by atoms with E-state index in [1.54, 1.807) is 29.3 Å². The third kappa shape index (κ3) is 3.61. The number of ether oxygens (including phenoxy) is 1. The number of carbonyl (C=O) groups is 1. The fourth-order valence-electron chi connectivity index (χ4n) is 4.03. The van der Waals surface area contributed by atoms with Gasteiger partial charge < -0.3 is 9.26 Å². The third-order valence-electron chi connectivity index (χ3n) is 5.94. The van der Waals surface area contributed by atoms with Crippen LogP contribution in [0.1, 0.15) is 39.2 Å². The van der Waals surface area contributed by atoms with E-state index < -0.39 is 15.4 Å². The number of nitrogens with one attached hydrogen (secondary N) is 1. The van der Waals surface area contributed by atoms with E-state index in [1.807, 2.05) is 13.8 Å². The van der Waals surface area contributed by atoms with Crippen molar-refractivity contribution in [1.29, 1.82) is 0 Å². The van der Waals surface area contributed by atoms with Crippen LogP contribution in [0.3, 0.4) is 0 Å². The summed E-state index contributed by atoms with van der Waals surface area (Å²) in [6, 6.07) is 5.18. The monoisotopic (exact) mass is 490 g/mol. The summed E-state index contributed by atoms with van der Waals surface area (Å²) < 4.78 is 37.5. The quantitative estimate of drug-likeness (QED) is 0.522. The molecule has 1 saturated carbocycles. The van der Waals surface area contributed by atoms with Crippen LogP contribution in [0.2, 0.25) is 5.02 Å². The number of pyridine rings is 1. The van der Waals surface area contributed by atoms with Crippen LogP contribution in [0.15, 0.2) is 28.9 Å². The van der Waals surface area contributed by atoms with Gasteiger partial charge in [0, 0.05) is 6.07 Å². The highest BCUT2D eigenvalue weighted by atomic mass is 35.5. The standard InChI is InChI=1S/C22H23ClN4O5S/c1-4-33(29,30)26-19-14-8-15-17(9-18(14)32-25-19)27(21(28)22(15)5-6-22)13-7-16(23)20(24-10-13)31-11-12(2)3/h7-10,12H,4-6,11H2,1-3H3,(H,25,26). The van der Waals surface area contributed by atoms with E-state index in [-0.39, 0.29) is 17.5 Å². The predicted octanol–water partition coefficient (Wildman–Crippen LogP) is 4.38. The van der Waals surface area contributed by atoms with Crippen LogP contribution in [0, 0.1) is 5.92 Å². The molecule has 1 N–H and O–H groups in total. The van der Waals surface area contributed by atoms with Crippen LogP contribution in [-0.4, -0.2) is 36.8 Å². The lowest BCUT2D eigenvalue weighted by molar-refractivity contribution is -0.119. The number of benzene rings is 1. The van der Waals surface area contributed by atoms with E-state index in [0.717, 1.165) is 5.56 Å². The van der Waals surface area contributed by atoms with Crippen molar-refractivity contribution in [1.82, 2.24) is 10.1 Å². The number of halogens is 1. The molecule has 2 aliphatic rings. The van der Waals surface area contributed by atoms with Crippen LogP contribution < -0.4 is 14.4 Å². The van der Waals surface area contributed by atoms with Gasteiger partial charge in [0.25, 0.3) is 0 Å². The molecule has 0 unspecified atom stereocenters. The van der Waals surface area contributed by atoms with Gasteiger partial charge in [-0.25, -0.2) is 13.4 Å². The molecule has 3 aromatic rings. The van der Waals surface area contributed by atoms with Crippen LogP contribution in [0.4, 0.5) is 17.2 Å². The molecular weight excluding hydrogens is 468 g/mol. The van der Waals surface area contributed by atoms with Crippen LogP contribution >= 0.6 is 11.6 Å². The van der Waals surface area contributed by atoms with Gasteiger partial charge in [0.15, 0.2) is 11.4 Å². The van der Waals surface area contributed by atoms with Gasteiger partial charge in [0.2, 0.25) is 21.8 Å². The largest absolute Gasteiger partial charge is 0.476 e. The number of fused-ring (bicyclic) bond motifs is 3. The number of hydrogen-bond donors (Lipinski definition) is 1. The lowest BCUT2D eigenvalue weighted by Gasteiger charge is -2.19. The number of nitrogens with zero attached hydrogens (tertiary/aromatic N) is 3. The van der Waals surface area contributed by atoms with Gasteiger partial charge in [-0.2, -0.15) is 0 Å². The molecule has 1 fully saturated rings. The zero-order valence-electron chi connectivity index (χ0n) is 18.4. The van der Waals surface area contributed by atoms with Crippen LogP contribution in [0.25, 0.3) is 11.0 Å². The molecule has 3 heterocycles. The van der Waals surface area contributed by atoms with Gasteiger partial charge in [0.1, 0.15) is 5.02 Å². The van der Waals surface area contributed by atoms with Crippen LogP contribution in [0.5, 0.6) is 5.88 Å². The zero-order valence-corrected chi connectivity index (χ0v) is 20.0. The van der Waals surface area contributed by atoms with Gasteiger partial charge in [-0.1, -0.05) is 30.6 Å². The number of hydrogen-bond acceptors (Lipinski definition) is 7. The number of sulfonamides is 1. The van der Waals surface area contributed by atoms with Gasteiger partial charge in [0.05, 0.1) is 40.7 Å². The van der Waals surface area contributed by atoms with Gasteiger partial charge in [-0.15, -0.1) is 0 Å². The van der Waals surface area contributed by atoms with E-state index in [1.165, 1.54) is 6.92 Å². The first kappa shape index (κ1) is 22.0. The topological polar surface area (TPSA) is 115 Å². The van der Waals surface area contributed by atoms with Crippen molar-refractivity contribution in [2.75, 3.05) is 22.0 Å². The number of rotatable bonds is 7. The Kier molecular flexibility index (Phi) is 5.06. The Morgan fingerprint density at radius 2 is 2.06 bits per heavy atom. The second-order valence-electron chi connectivity index (χ2n) is 8.81. The fraction of sp³-hybridized carbons (Fsp3) is 0.409. The number of amides is 1. The maximum Gasteiger partial charge on any atom is 0.242 e. The number of carbonyl (C=O) groups excluding carboxylic acids is 1. The lowest BCUT2D eigenvalue weighted by atomic mass is 9.96. The molecular formula is C22H23ClN4O5S. The molecule has 174 valence electrons. The third-order valence-corrected chi connectivity index (χ3v) is 7.48. The minimum absolute atomic E-state index is 0.0671. The van der Waals surface area contributed by atoms with Crippen molar-refractivity contribution in [2.24, 2.45) is 5.92 Å². The summed E-state index contributed by atoms with van der Waals surface area (Å²) in [4.78, 5) is 19.4. The molecule has 1 aromatic carbocycles. The van der Waals surface area contributed by atoms with Crippen molar-refractivity contribution in [3.05, 3.63) is 35.0 Å². The number of anilines is 3. The summed E-state index contributed by atoms with van der Waals surface area (Å²) in [5.74, 6) is 0.601. The smallest absolute Gasteiger partial charge is 0.242 e. The summed E-state index contributed by atoms with van der Waals surface area (Å²) >= 11 is 6.41. The van der Waals surface area contributed by atoms with E-state index >= 15 is 0 Å². The van der Waals surface area contributed by atoms with Crippen molar-refractivity contribution >= 4 is 55.7 Å². The van der Waals surface area contributed by atoms with E-state index in [0.29, 0.717) is 58.6 Å². The molecule has 0 radical (unpaired) electrons. The SMILES string of the molecule is CCS(=O)(=O)Nc1noc2cc3c(cc12)C1(CC1)C(=O)N3c1cnc(OCC(C)C)c(Cl)c1. The lowest BCUT2D eigenvalue weighted by Crippen LogP contribution is -2.28. The minimum atomic E-state index is -3.53. The molecule has 0 bridgehead atoms. The maximum atomic E-state index is 13.5. The number of aromatic nitrogens is 2. The first-order valence-corrected chi connectivity index (χ1v) is 12.8. The normalized spacial score (nSPS) is 16.6. The van der Waals surface area contributed by atoms with E-state index in [9.17, 15) is 13.2 Å². The first-order valence-electron chi connectivity index (χ1n) is 10.7. The second-order valence-corrected chi connectivity index (χ2v) is 11.2. The average molecular weight is 491 g/mol. The highest BCUT2D eigenvalue weighted by molar-refractivity contribution is 7.92. The Hall–Kier alpha value is -2.85. The molecule has 1 amide bonds. The summed E-state index contributed by atoms with van der Waals surface area (Å²) in [5, 5.41) is 4.73. The maximum absolute atomic E-state index is 13.5. The molecule has 2 aromatic heterocycles. The molecule has 0 saturated heterocycles. The van der Waals surface area contributed by atoms with Crippen LogP contribution in [-0.2, 0) is 20.2 Å². The van der Waals surface area contributed by atoms with Crippen molar-refractivity contribution in [3.8, 4) is 5.88 Å². The molecule has 1 aliphatic carbocycles. The Bertz CT molecular complexity index is 1380. The second kappa shape index (κ2) is 7.59. The van der Waals surface area contributed by atoms with Crippen molar-refractivity contribution in [2.45, 2.75) is 39.0 Å². The molecule has 9 nitrogen and oxygen atoms in total. The summed E-state index contributed by atoms with van der Waals surface area (Å²) in [5.41, 5.74) is 1.73. The van der Waals surface area contributed by atoms with Crippen molar-refractivity contribution < 1.29 is 22.5 Å². The van der Waals surface area contributed by atoms with E-state index in [4.69, 9.17) is 20.9 Å². The van der Waals surface area contributed by atoms with Crippen molar-refractivity contribution in [3.63, 3.8) is 0 Å². The average Bonchev–Trinajstić information content (AvgIpc) is 3.44. The summed E-state index contributed by atoms with van der Waals surface area (Å²) in [6.45, 7) is 6.07.